The second kappa shape index (κ2) is 5.03. The fourth-order valence-electron chi connectivity index (χ4n) is 1.20. The molecule has 5 heteroatoms. The lowest BCUT2D eigenvalue weighted by Crippen LogP contribution is -2.20. The largest absolute Gasteiger partial charge is 0.507 e. The van der Waals surface area contributed by atoms with Crippen molar-refractivity contribution in [2.24, 2.45) is 0 Å². The zero-order valence-corrected chi connectivity index (χ0v) is 9.08. The van der Waals surface area contributed by atoms with Gasteiger partial charge in [0.25, 0.3) is 5.78 Å². The smallest absolute Gasteiger partial charge is 0.454 e. The molecule has 0 heterocycles. The molecule has 0 amide bonds. The van der Waals surface area contributed by atoms with Crippen LogP contribution < -0.4 is 0 Å². The first-order chi connectivity index (χ1) is 7.84. The monoisotopic (exact) mass is 244 g/mol. The summed E-state index contributed by atoms with van der Waals surface area (Å²) in [6.45, 7) is 1.93. The van der Waals surface area contributed by atoms with Crippen molar-refractivity contribution in [3.8, 4) is 0 Å². The standard InChI is InChI=1S/C12H11F3O2/c1-2-8-3-5-9(6-4-8)10(16)7-11(17)12(13,14)15/h3-7,16H,2H2,1H3/b10-7-. The summed E-state index contributed by atoms with van der Waals surface area (Å²) in [6, 6.07) is 6.29. The number of hydrogen-bond acceptors (Lipinski definition) is 2. The number of benzene rings is 1. The highest BCUT2D eigenvalue weighted by Crippen LogP contribution is 2.20. The molecule has 17 heavy (non-hydrogen) atoms. The Bertz CT molecular complexity index is 430. The SMILES string of the molecule is CCc1ccc(/C(O)=C/C(=O)C(F)(F)F)cc1. The summed E-state index contributed by atoms with van der Waals surface area (Å²) in [4.78, 5) is 10.6. The molecule has 1 aromatic carbocycles. The number of aryl methyl sites for hydroxylation is 1. The van der Waals surface area contributed by atoms with Crippen LogP contribution in [-0.2, 0) is 11.2 Å². The molecule has 0 unspecified atom stereocenters. The minimum atomic E-state index is -4.96. The van der Waals surface area contributed by atoms with Crippen LogP contribution in [-0.4, -0.2) is 17.1 Å². The predicted molar refractivity (Wildman–Crippen MR) is 57.5 cm³/mol. The Morgan fingerprint density at radius 1 is 1.29 bits per heavy atom. The van der Waals surface area contributed by atoms with Gasteiger partial charge in [-0.2, -0.15) is 13.2 Å². The molecule has 2 nitrogen and oxygen atoms in total. The number of ketones is 1. The van der Waals surface area contributed by atoms with Crippen molar-refractivity contribution in [2.75, 3.05) is 0 Å². The molecule has 0 bridgehead atoms. The van der Waals surface area contributed by atoms with Crippen LogP contribution in [0.15, 0.2) is 30.3 Å². The third-order valence-electron chi connectivity index (χ3n) is 2.21. The predicted octanol–water partition coefficient (Wildman–Crippen LogP) is 3.28. The zero-order valence-electron chi connectivity index (χ0n) is 9.08. The summed E-state index contributed by atoms with van der Waals surface area (Å²) >= 11 is 0. The Kier molecular flexibility index (Phi) is 3.93. The maximum Gasteiger partial charge on any atom is 0.454 e. The van der Waals surface area contributed by atoms with E-state index in [2.05, 4.69) is 0 Å². The summed E-state index contributed by atoms with van der Waals surface area (Å²) in [6.07, 6.45) is -4.00. The Balaban J connectivity index is 2.92. The van der Waals surface area contributed by atoms with Crippen molar-refractivity contribution >= 4 is 11.5 Å². The molecule has 0 radical (unpaired) electrons. The Morgan fingerprint density at radius 3 is 2.24 bits per heavy atom. The number of aliphatic hydroxyl groups excluding tert-OH is 1. The maximum absolute atomic E-state index is 11.9. The van der Waals surface area contributed by atoms with Crippen LogP contribution in [0.5, 0.6) is 0 Å². The Hall–Kier alpha value is -1.78. The Morgan fingerprint density at radius 2 is 1.82 bits per heavy atom. The number of hydrogen-bond donors (Lipinski definition) is 1. The highest BCUT2D eigenvalue weighted by Gasteiger charge is 2.36. The zero-order chi connectivity index (χ0) is 13.1. The van der Waals surface area contributed by atoms with Gasteiger partial charge >= 0.3 is 6.18 Å². The average Bonchev–Trinajstić information content (AvgIpc) is 2.27. The Labute approximate surface area is 96.4 Å². The van der Waals surface area contributed by atoms with Crippen LogP contribution in [0.1, 0.15) is 18.1 Å². The third-order valence-corrected chi connectivity index (χ3v) is 2.21. The highest BCUT2D eigenvalue weighted by atomic mass is 19.4. The lowest BCUT2D eigenvalue weighted by atomic mass is 10.1. The van der Waals surface area contributed by atoms with E-state index >= 15 is 0 Å². The van der Waals surface area contributed by atoms with Gasteiger partial charge in [0.2, 0.25) is 0 Å². The molecule has 0 aliphatic heterocycles. The molecule has 0 aliphatic carbocycles. The van der Waals surface area contributed by atoms with Gasteiger partial charge in [-0.15, -0.1) is 0 Å². The fourth-order valence-corrected chi connectivity index (χ4v) is 1.20. The quantitative estimate of drug-likeness (QED) is 0.654. The first kappa shape index (κ1) is 13.3. The van der Waals surface area contributed by atoms with Crippen LogP contribution in [0.4, 0.5) is 13.2 Å². The molecule has 1 N–H and O–H groups in total. The summed E-state index contributed by atoms with van der Waals surface area (Å²) < 4.78 is 35.8. The van der Waals surface area contributed by atoms with E-state index in [9.17, 15) is 23.1 Å². The van der Waals surface area contributed by atoms with Crippen molar-refractivity contribution in [1.82, 2.24) is 0 Å². The van der Waals surface area contributed by atoms with E-state index in [4.69, 9.17) is 0 Å². The lowest BCUT2D eigenvalue weighted by Gasteiger charge is -2.03. The van der Waals surface area contributed by atoms with E-state index < -0.39 is 17.7 Å². The second-order valence-corrected chi connectivity index (χ2v) is 3.44. The molecule has 0 saturated carbocycles. The summed E-state index contributed by atoms with van der Waals surface area (Å²) in [5.41, 5.74) is 1.17. The third kappa shape index (κ3) is 3.62. The van der Waals surface area contributed by atoms with Crippen molar-refractivity contribution in [3.63, 3.8) is 0 Å². The molecule has 0 saturated heterocycles. The minimum Gasteiger partial charge on any atom is -0.507 e. The van der Waals surface area contributed by atoms with Crippen LogP contribution in [0.2, 0.25) is 0 Å². The summed E-state index contributed by atoms with van der Waals surface area (Å²) in [7, 11) is 0. The number of allylic oxidation sites excluding steroid dienone is 1. The van der Waals surface area contributed by atoms with Crippen LogP contribution in [0.25, 0.3) is 5.76 Å². The fraction of sp³-hybridized carbons (Fsp3) is 0.250. The van der Waals surface area contributed by atoms with Gasteiger partial charge < -0.3 is 5.11 Å². The molecular weight excluding hydrogens is 233 g/mol. The number of aliphatic hydroxyl groups is 1. The van der Waals surface area contributed by atoms with E-state index in [0.29, 0.717) is 0 Å². The summed E-state index contributed by atoms with van der Waals surface area (Å²) in [5, 5.41) is 9.36. The normalized spacial score (nSPS) is 12.6. The van der Waals surface area contributed by atoms with Crippen LogP contribution >= 0.6 is 0 Å². The first-order valence-corrected chi connectivity index (χ1v) is 4.95. The van der Waals surface area contributed by atoms with Crippen molar-refractivity contribution in [1.29, 1.82) is 0 Å². The second-order valence-electron chi connectivity index (χ2n) is 3.44. The molecule has 1 aromatic rings. The van der Waals surface area contributed by atoms with Crippen molar-refractivity contribution in [2.45, 2.75) is 19.5 Å². The van der Waals surface area contributed by atoms with Gasteiger partial charge in [-0.25, -0.2) is 0 Å². The van der Waals surface area contributed by atoms with Crippen molar-refractivity contribution in [3.05, 3.63) is 41.5 Å². The van der Waals surface area contributed by atoms with Gasteiger partial charge in [0.1, 0.15) is 5.76 Å². The number of halogens is 3. The number of alkyl halides is 3. The lowest BCUT2D eigenvalue weighted by molar-refractivity contribution is -0.165. The van der Waals surface area contributed by atoms with E-state index in [1.165, 1.54) is 12.1 Å². The molecular formula is C12H11F3O2. The van der Waals surface area contributed by atoms with E-state index in [1.807, 2.05) is 6.92 Å². The van der Waals surface area contributed by atoms with E-state index in [1.54, 1.807) is 12.1 Å². The number of rotatable bonds is 3. The molecule has 1 rings (SSSR count). The summed E-state index contributed by atoms with van der Waals surface area (Å²) in [5.74, 6) is -2.76. The topological polar surface area (TPSA) is 37.3 Å². The minimum absolute atomic E-state index is 0.180. The first-order valence-electron chi connectivity index (χ1n) is 4.95. The molecule has 0 spiro atoms. The van der Waals surface area contributed by atoms with Gasteiger partial charge in [-0.05, 0) is 12.0 Å². The van der Waals surface area contributed by atoms with E-state index in [0.717, 1.165) is 12.0 Å². The van der Waals surface area contributed by atoms with E-state index in [-0.39, 0.29) is 11.6 Å². The van der Waals surface area contributed by atoms with Gasteiger partial charge in [-0.3, -0.25) is 4.79 Å². The molecule has 0 aromatic heterocycles. The van der Waals surface area contributed by atoms with Gasteiger partial charge in [0, 0.05) is 11.6 Å². The van der Waals surface area contributed by atoms with Crippen molar-refractivity contribution < 1.29 is 23.1 Å². The van der Waals surface area contributed by atoms with Crippen LogP contribution in [0.3, 0.4) is 0 Å². The van der Waals surface area contributed by atoms with Gasteiger partial charge in [0.05, 0.1) is 0 Å². The molecule has 0 fully saturated rings. The van der Waals surface area contributed by atoms with Gasteiger partial charge in [-0.1, -0.05) is 31.2 Å². The number of carbonyl (C=O) groups excluding carboxylic acids is 1. The molecule has 0 atom stereocenters. The number of carbonyl (C=O) groups is 1. The molecule has 92 valence electrons. The maximum atomic E-state index is 11.9. The highest BCUT2D eigenvalue weighted by molar-refractivity contribution is 5.99. The van der Waals surface area contributed by atoms with Crippen LogP contribution in [0, 0.1) is 0 Å². The average molecular weight is 244 g/mol. The molecule has 0 aliphatic rings. The van der Waals surface area contributed by atoms with Gasteiger partial charge in [0.15, 0.2) is 0 Å².